The molecule has 0 saturated heterocycles. The van der Waals surface area contributed by atoms with E-state index < -0.39 is 0 Å². The second-order valence-electron chi connectivity index (χ2n) is 5.11. The van der Waals surface area contributed by atoms with Crippen LogP contribution >= 0.6 is 0 Å². The van der Waals surface area contributed by atoms with Gasteiger partial charge >= 0.3 is 0 Å². The number of aromatic hydroxyl groups is 1. The third-order valence-corrected chi connectivity index (χ3v) is 3.48. The van der Waals surface area contributed by atoms with E-state index in [0.29, 0.717) is 13.0 Å². The van der Waals surface area contributed by atoms with Crippen molar-refractivity contribution in [3.63, 3.8) is 0 Å². The van der Waals surface area contributed by atoms with E-state index >= 15 is 0 Å². The summed E-state index contributed by atoms with van der Waals surface area (Å²) < 4.78 is 19.1. The predicted molar refractivity (Wildman–Crippen MR) is 75.9 cm³/mol. The number of ether oxygens (including phenoxy) is 1. The first kappa shape index (κ1) is 12.8. The summed E-state index contributed by atoms with van der Waals surface area (Å²) in [5, 5.41) is 9.51. The Balaban J connectivity index is 1.79. The third kappa shape index (κ3) is 2.54. The summed E-state index contributed by atoms with van der Waals surface area (Å²) in [5.74, 6) is 0.748. The molecule has 0 spiro atoms. The first-order valence-electron chi connectivity index (χ1n) is 6.57. The number of hydrogen-bond donors (Lipinski definition) is 1. The summed E-state index contributed by atoms with van der Waals surface area (Å²) in [6.45, 7) is 0.701. The lowest BCUT2D eigenvalue weighted by atomic mass is 10.1. The molecule has 0 saturated carbocycles. The summed E-state index contributed by atoms with van der Waals surface area (Å²) >= 11 is 0. The van der Waals surface area contributed by atoms with Gasteiger partial charge in [0.05, 0.1) is 12.2 Å². The third-order valence-electron chi connectivity index (χ3n) is 3.48. The highest BCUT2D eigenvalue weighted by Crippen LogP contribution is 2.35. The summed E-state index contributed by atoms with van der Waals surface area (Å²) in [5.41, 5.74) is 1.80. The summed E-state index contributed by atoms with van der Waals surface area (Å²) in [6, 6.07) is 11.6. The fraction of sp³-hybridized carbons (Fsp3) is 0.250. The lowest BCUT2D eigenvalue weighted by Gasteiger charge is -2.34. The topological polar surface area (TPSA) is 32.7 Å². The SMILES string of the molecule is CN1CC(Cc2cccc(F)c2)Oc2ccc(O)cc21. The summed E-state index contributed by atoms with van der Waals surface area (Å²) in [6.07, 6.45) is 0.626. The molecule has 104 valence electrons. The van der Waals surface area contributed by atoms with Crippen molar-refractivity contribution in [3.05, 3.63) is 53.8 Å². The fourth-order valence-electron chi connectivity index (χ4n) is 2.56. The molecule has 3 nitrogen and oxygen atoms in total. The van der Waals surface area contributed by atoms with E-state index in [4.69, 9.17) is 4.74 Å². The number of fused-ring (bicyclic) bond motifs is 1. The molecule has 0 bridgehead atoms. The molecule has 0 aliphatic carbocycles. The number of anilines is 1. The molecule has 3 rings (SSSR count). The number of likely N-dealkylation sites (N-methyl/N-ethyl adjacent to an activating group) is 1. The second kappa shape index (κ2) is 5.04. The molecule has 0 amide bonds. The van der Waals surface area contributed by atoms with Gasteiger partial charge in [-0.2, -0.15) is 0 Å². The summed E-state index contributed by atoms with van der Waals surface area (Å²) in [7, 11) is 1.96. The van der Waals surface area contributed by atoms with Crippen molar-refractivity contribution in [2.75, 3.05) is 18.5 Å². The van der Waals surface area contributed by atoms with Crippen molar-refractivity contribution in [2.24, 2.45) is 0 Å². The van der Waals surface area contributed by atoms with Gasteiger partial charge < -0.3 is 14.7 Å². The van der Waals surface area contributed by atoms with Crippen LogP contribution in [0.25, 0.3) is 0 Å². The highest BCUT2D eigenvalue weighted by molar-refractivity contribution is 5.62. The minimum atomic E-state index is -0.225. The first-order valence-corrected chi connectivity index (χ1v) is 6.57. The molecule has 1 unspecified atom stereocenters. The number of halogens is 1. The van der Waals surface area contributed by atoms with Crippen molar-refractivity contribution in [2.45, 2.75) is 12.5 Å². The predicted octanol–water partition coefficient (Wildman–Crippen LogP) is 2.97. The smallest absolute Gasteiger partial charge is 0.143 e. The Bertz CT molecular complexity index is 630. The lowest BCUT2D eigenvalue weighted by Crippen LogP contribution is -2.38. The maximum absolute atomic E-state index is 13.2. The fourth-order valence-corrected chi connectivity index (χ4v) is 2.56. The van der Waals surface area contributed by atoms with Crippen molar-refractivity contribution in [1.29, 1.82) is 0 Å². The van der Waals surface area contributed by atoms with Crippen LogP contribution in [-0.2, 0) is 6.42 Å². The maximum Gasteiger partial charge on any atom is 0.143 e. The van der Waals surface area contributed by atoms with Gasteiger partial charge in [0, 0.05) is 19.5 Å². The molecule has 1 heterocycles. The number of benzene rings is 2. The quantitative estimate of drug-likeness (QED) is 0.913. The van der Waals surface area contributed by atoms with Crippen molar-refractivity contribution in [1.82, 2.24) is 0 Å². The van der Waals surface area contributed by atoms with E-state index in [0.717, 1.165) is 17.0 Å². The molecule has 4 heteroatoms. The normalized spacial score (nSPS) is 17.5. The zero-order valence-corrected chi connectivity index (χ0v) is 11.2. The van der Waals surface area contributed by atoms with Crippen molar-refractivity contribution >= 4 is 5.69 Å². The molecule has 2 aromatic rings. The Morgan fingerprint density at radius 1 is 1.30 bits per heavy atom. The van der Waals surface area contributed by atoms with Crippen molar-refractivity contribution in [3.8, 4) is 11.5 Å². The van der Waals surface area contributed by atoms with E-state index in [9.17, 15) is 9.50 Å². The average molecular weight is 273 g/mol. The number of hydrogen-bond acceptors (Lipinski definition) is 3. The Labute approximate surface area is 117 Å². The zero-order valence-electron chi connectivity index (χ0n) is 11.2. The molecule has 0 radical (unpaired) electrons. The molecule has 0 fully saturated rings. The van der Waals surface area contributed by atoms with Gasteiger partial charge in [0.2, 0.25) is 0 Å². The van der Waals surface area contributed by atoms with E-state index in [-0.39, 0.29) is 17.7 Å². The first-order chi connectivity index (χ1) is 9.61. The van der Waals surface area contributed by atoms with E-state index in [1.807, 2.05) is 18.0 Å². The highest BCUT2D eigenvalue weighted by atomic mass is 19.1. The van der Waals surface area contributed by atoms with Gasteiger partial charge in [-0.15, -0.1) is 0 Å². The molecule has 2 aromatic carbocycles. The van der Waals surface area contributed by atoms with Crippen LogP contribution in [0.4, 0.5) is 10.1 Å². The molecular formula is C16H16FNO2. The Kier molecular flexibility index (Phi) is 3.22. The number of rotatable bonds is 2. The molecule has 1 N–H and O–H groups in total. The monoisotopic (exact) mass is 273 g/mol. The Morgan fingerprint density at radius 2 is 2.15 bits per heavy atom. The summed E-state index contributed by atoms with van der Waals surface area (Å²) in [4.78, 5) is 2.04. The number of phenolic OH excluding ortho intramolecular Hbond substituents is 1. The molecule has 0 aromatic heterocycles. The van der Waals surface area contributed by atoms with Crippen LogP contribution in [0.15, 0.2) is 42.5 Å². The number of phenols is 1. The van der Waals surface area contributed by atoms with Gasteiger partial charge in [0.15, 0.2) is 0 Å². The lowest BCUT2D eigenvalue weighted by molar-refractivity contribution is 0.196. The zero-order chi connectivity index (χ0) is 14.1. The highest BCUT2D eigenvalue weighted by Gasteiger charge is 2.24. The minimum absolute atomic E-state index is 0.0288. The van der Waals surface area contributed by atoms with Gasteiger partial charge in [-0.3, -0.25) is 0 Å². The molecule has 1 aliphatic heterocycles. The van der Waals surface area contributed by atoms with Crippen LogP contribution in [0.3, 0.4) is 0 Å². The van der Waals surface area contributed by atoms with E-state index in [1.165, 1.54) is 12.1 Å². The van der Waals surface area contributed by atoms with Crippen LogP contribution in [0.1, 0.15) is 5.56 Å². The number of nitrogens with zero attached hydrogens (tertiary/aromatic N) is 1. The van der Waals surface area contributed by atoms with Gasteiger partial charge in [-0.25, -0.2) is 4.39 Å². The molecule has 1 aliphatic rings. The average Bonchev–Trinajstić information content (AvgIpc) is 2.40. The maximum atomic E-state index is 13.2. The Morgan fingerprint density at radius 3 is 2.95 bits per heavy atom. The van der Waals surface area contributed by atoms with Crippen LogP contribution in [-0.4, -0.2) is 24.8 Å². The van der Waals surface area contributed by atoms with E-state index in [2.05, 4.69) is 0 Å². The van der Waals surface area contributed by atoms with Crippen LogP contribution < -0.4 is 9.64 Å². The van der Waals surface area contributed by atoms with Gasteiger partial charge in [0.25, 0.3) is 0 Å². The van der Waals surface area contributed by atoms with Crippen molar-refractivity contribution < 1.29 is 14.2 Å². The second-order valence-corrected chi connectivity index (χ2v) is 5.11. The van der Waals surface area contributed by atoms with Crippen LogP contribution in [0, 0.1) is 5.82 Å². The minimum Gasteiger partial charge on any atom is -0.508 e. The largest absolute Gasteiger partial charge is 0.508 e. The van der Waals surface area contributed by atoms with Gasteiger partial charge in [-0.05, 0) is 29.8 Å². The molecule has 1 atom stereocenters. The van der Waals surface area contributed by atoms with Crippen LogP contribution in [0.2, 0.25) is 0 Å². The molecule has 20 heavy (non-hydrogen) atoms. The van der Waals surface area contributed by atoms with Crippen LogP contribution in [0.5, 0.6) is 11.5 Å². The van der Waals surface area contributed by atoms with E-state index in [1.54, 1.807) is 24.3 Å². The standard InChI is InChI=1S/C16H16FNO2/c1-18-10-14(8-11-3-2-4-12(17)7-11)20-16-6-5-13(19)9-15(16)18/h2-7,9,14,19H,8,10H2,1H3. The van der Waals surface area contributed by atoms with Gasteiger partial charge in [0.1, 0.15) is 23.4 Å². The molecular weight excluding hydrogens is 257 g/mol. The van der Waals surface area contributed by atoms with Gasteiger partial charge in [-0.1, -0.05) is 12.1 Å². The Hall–Kier alpha value is -2.23.